The molecule has 0 spiro atoms. The fraction of sp³-hybridized carbons (Fsp3) is 0.682. The Bertz CT molecular complexity index is 671. The highest BCUT2D eigenvalue weighted by Gasteiger charge is 2.22. The van der Waals surface area contributed by atoms with Crippen molar-refractivity contribution < 1.29 is 18.3 Å². The van der Waals surface area contributed by atoms with Crippen LogP contribution in [0, 0.1) is 5.92 Å². The molecule has 0 aliphatic carbocycles. The van der Waals surface area contributed by atoms with Gasteiger partial charge in [-0.1, -0.05) is 12.1 Å². The highest BCUT2D eigenvalue weighted by molar-refractivity contribution is 5.79. The van der Waals surface area contributed by atoms with E-state index in [1.165, 1.54) is 12.8 Å². The molecule has 2 N–H and O–H groups in total. The molecule has 6 nitrogen and oxygen atoms in total. The summed E-state index contributed by atoms with van der Waals surface area (Å²) in [7, 11) is 0. The number of nitrogens with one attached hydrogen (secondary N) is 2. The molecule has 1 heterocycles. The van der Waals surface area contributed by atoms with E-state index in [1.54, 1.807) is 25.1 Å². The van der Waals surface area contributed by atoms with E-state index in [1.807, 2.05) is 6.92 Å². The SMILES string of the molecule is CCNC(=NCc1cccc(OCC)c1OC(F)F)NCC1CCCN(C(C)C)C1. The number of nitrogens with zero attached hydrogens (tertiary/aromatic N) is 2. The molecule has 1 unspecified atom stereocenters. The third kappa shape index (κ3) is 7.63. The second-order valence-corrected chi connectivity index (χ2v) is 7.73. The zero-order chi connectivity index (χ0) is 21.9. The van der Waals surface area contributed by atoms with E-state index < -0.39 is 6.61 Å². The van der Waals surface area contributed by atoms with Crippen LogP contribution in [0.2, 0.25) is 0 Å². The second-order valence-electron chi connectivity index (χ2n) is 7.73. The van der Waals surface area contributed by atoms with Crippen molar-refractivity contribution in [3.63, 3.8) is 0 Å². The number of para-hydroxylation sites is 1. The van der Waals surface area contributed by atoms with E-state index in [0.717, 1.165) is 19.6 Å². The van der Waals surface area contributed by atoms with Crippen molar-refractivity contribution in [2.45, 2.75) is 59.7 Å². The van der Waals surface area contributed by atoms with E-state index in [0.29, 0.717) is 42.4 Å². The van der Waals surface area contributed by atoms with Crippen LogP contribution in [-0.4, -0.2) is 56.3 Å². The standard InChI is InChI=1S/C22H36F2N4O2/c1-5-25-22(26-13-17-9-8-12-28(15-17)16(3)4)27-14-18-10-7-11-19(29-6-2)20(18)30-21(23)24/h7,10-11,16-17,21H,5-6,8-9,12-15H2,1-4H3,(H2,25,26,27). The van der Waals surface area contributed by atoms with Crippen LogP contribution in [-0.2, 0) is 6.54 Å². The van der Waals surface area contributed by atoms with Gasteiger partial charge in [-0.3, -0.25) is 0 Å². The Balaban J connectivity index is 2.06. The fourth-order valence-electron chi connectivity index (χ4n) is 3.66. The Hall–Kier alpha value is -2.09. The molecule has 8 heteroatoms. The highest BCUT2D eigenvalue weighted by atomic mass is 19.3. The van der Waals surface area contributed by atoms with Crippen molar-refractivity contribution in [1.82, 2.24) is 15.5 Å². The molecule has 0 aromatic heterocycles. The van der Waals surface area contributed by atoms with Gasteiger partial charge >= 0.3 is 6.61 Å². The van der Waals surface area contributed by atoms with Gasteiger partial charge in [-0.2, -0.15) is 8.78 Å². The minimum Gasteiger partial charge on any atom is -0.490 e. The van der Waals surface area contributed by atoms with Crippen LogP contribution in [0.3, 0.4) is 0 Å². The molecule has 30 heavy (non-hydrogen) atoms. The van der Waals surface area contributed by atoms with Crippen molar-refractivity contribution in [3.05, 3.63) is 23.8 Å². The molecule has 1 aromatic rings. The first-order valence-corrected chi connectivity index (χ1v) is 10.9. The average molecular weight is 427 g/mol. The third-order valence-electron chi connectivity index (χ3n) is 5.16. The Morgan fingerprint density at radius 1 is 1.27 bits per heavy atom. The third-order valence-corrected chi connectivity index (χ3v) is 5.16. The predicted octanol–water partition coefficient (Wildman–Crippen LogP) is 3.86. The van der Waals surface area contributed by atoms with Crippen molar-refractivity contribution in [1.29, 1.82) is 0 Å². The van der Waals surface area contributed by atoms with Gasteiger partial charge in [0.05, 0.1) is 13.2 Å². The number of piperidine rings is 1. The highest BCUT2D eigenvalue weighted by Crippen LogP contribution is 2.33. The summed E-state index contributed by atoms with van der Waals surface area (Å²) in [6.07, 6.45) is 2.40. The minimum absolute atomic E-state index is 0.0498. The molecular weight excluding hydrogens is 390 g/mol. The van der Waals surface area contributed by atoms with Gasteiger partial charge in [0, 0.05) is 31.2 Å². The fourth-order valence-corrected chi connectivity index (χ4v) is 3.66. The first-order valence-electron chi connectivity index (χ1n) is 10.9. The van der Waals surface area contributed by atoms with Crippen LogP contribution >= 0.6 is 0 Å². The van der Waals surface area contributed by atoms with Crippen molar-refractivity contribution in [2.24, 2.45) is 10.9 Å². The van der Waals surface area contributed by atoms with Crippen LogP contribution < -0.4 is 20.1 Å². The lowest BCUT2D eigenvalue weighted by Crippen LogP contribution is -2.46. The number of guanidine groups is 1. The van der Waals surface area contributed by atoms with Gasteiger partial charge in [-0.25, -0.2) is 4.99 Å². The van der Waals surface area contributed by atoms with Crippen LogP contribution in [0.5, 0.6) is 11.5 Å². The normalized spacial score (nSPS) is 18.0. The number of hydrogen-bond donors (Lipinski definition) is 2. The number of aliphatic imine (C=N–C) groups is 1. The lowest BCUT2D eigenvalue weighted by Gasteiger charge is -2.35. The lowest BCUT2D eigenvalue weighted by molar-refractivity contribution is -0.0520. The molecule has 2 rings (SSSR count). The predicted molar refractivity (Wildman–Crippen MR) is 116 cm³/mol. The molecule has 0 amide bonds. The lowest BCUT2D eigenvalue weighted by atomic mass is 9.97. The van der Waals surface area contributed by atoms with Crippen molar-refractivity contribution >= 4 is 5.96 Å². The summed E-state index contributed by atoms with van der Waals surface area (Å²) in [5.41, 5.74) is 0.558. The van der Waals surface area contributed by atoms with Gasteiger partial charge in [-0.15, -0.1) is 0 Å². The van der Waals surface area contributed by atoms with Gasteiger partial charge in [0.2, 0.25) is 0 Å². The summed E-state index contributed by atoms with van der Waals surface area (Å²) in [4.78, 5) is 7.10. The first kappa shape index (κ1) is 24.2. The summed E-state index contributed by atoms with van der Waals surface area (Å²) in [5, 5.41) is 6.64. The Labute approximate surface area is 179 Å². The van der Waals surface area contributed by atoms with E-state index in [-0.39, 0.29) is 12.3 Å². The van der Waals surface area contributed by atoms with Crippen molar-refractivity contribution in [3.8, 4) is 11.5 Å². The average Bonchev–Trinajstić information content (AvgIpc) is 2.72. The van der Waals surface area contributed by atoms with Crippen LogP contribution in [0.25, 0.3) is 0 Å². The molecule has 170 valence electrons. The topological polar surface area (TPSA) is 58.1 Å². The Kier molecular flexibility index (Phi) is 10.1. The number of rotatable bonds is 10. The maximum Gasteiger partial charge on any atom is 0.387 e. The summed E-state index contributed by atoms with van der Waals surface area (Å²) in [6, 6.07) is 5.67. The number of alkyl halides is 2. The van der Waals surface area contributed by atoms with Crippen LogP contribution in [0.1, 0.15) is 46.1 Å². The summed E-state index contributed by atoms with van der Waals surface area (Å²) in [5.74, 6) is 1.58. The molecule has 1 atom stereocenters. The summed E-state index contributed by atoms with van der Waals surface area (Å²) >= 11 is 0. The molecule has 1 aliphatic rings. The number of benzene rings is 1. The Morgan fingerprint density at radius 3 is 2.73 bits per heavy atom. The number of ether oxygens (including phenoxy) is 2. The monoisotopic (exact) mass is 426 g/mol. The van der Waals surface area contributed by atoms with E-state index in [9.17, 15) is 8.78 Å². The Morgan fingerprint density at radius 2 is 2.07 bits per heavy atom. The van der Waals surface area contributed by atoms with Crippen LogP contribution in [0.4, 0.5) is 8.78 Å². The second kappa shape index (κ2) is 12.6. The molecule has 0 bridgehead atoms. The summed E-state index contributed by atoms with van der Waals surface area (Å²) in [6.45, 7) is 9.70. The smallest absolute Gasteiger partial charge is 0.387 e. The molecule has 0 radical (unpaired) electrons. The molecule has 1 fully saturated rings. The minimum atomic E-state index is -2.92. The van der Waals surface area contributed by atoms with Gasteiger partial charge < -0.3 is 25.0 Å². The molecular formula is C22H36F2N4O2. The van der Waals surface area contributed by atoms with E-state index in [2.05, 4.69) is 34.4 Å². The maximum atomic E-state index is 12.9. The van der Waals surface area contributed by atoms with Gasteiger partial charge in [-0.05, 0) is 59.1 Å². The van der Waals surface area contributed by atoms with E-state index in [4.69, 9.17) is 9.47 Å². The van der Waals surface area contributed by atoms with E-state index >= 15 is 0 Å². The molecule has 1 aliphatic heterocycles. The number of halogens is 2. The number of likely N-dealkylation sites (tertiary alicyclic amines) is 1. The van der Waals surface area contributed by atoms with Gasteiger partial charge in [0.15, 0.2) is 17.5 Å². The largest absolute Gasteiger partial charge is 0.490 e. The van der Waals surface area contributed by atoms with Crippen LogP contribution in [0.15, 0.2) is 23.2 Å². The molecule has 0 saturated carbocycles. The first-order chi connectivity index (χ1) is 14.4. The zero-order valence-electron chi connectivity index (χ0n) is 18.6. The molecule has 1 saturated heterocycles. The number of hydrogen-bond acceptors (Lipinski definition) is 4. The summed E-state index contributed by atoms with van der Waals surface area (Å²) < 4.78 is 36.0. The maximum absolute atomic E-state index is 12.9. The van der Waals surface area contributed by atoms with Gasteiger partial charge in [0.25, 0.3) is 0 Å². The zero-order valence-corrected chi connectivity index (χ0v) is 18.6. The quantitative estimate of drug-likeness (QED) is 0.440. The van der Waals surface area contributed by atoms with Gasteiger partial charge in [0.1, 0.15) is 0 Å². The molecule has 1 aromatic carbocycles. The van der Waals surface area contributed by atoms with Crippen molar-refractivity contribution in [2.75, 3.05) is 32.8 Å².